The smallest absolute Gasteiger partial charge is 0.117 e. The Labute approximate surface area is 107 Å². The van der Waals surface area contributed by atoms with Crippen LogP contribution in [0.3, 0.4) is 0 Å². The largest absolute Gasteiger partial charge is 0.465 e. The molecule has 0 fully saturated rings. The lowest BCUT2D eigenvalue weighted by molar-refractivity contribution is 0.461. The standard InChI is InChI=1S/C15H16N2O/c1-11-7-13(8-16)4-5-14(11)9-17-10-15-6-3-12(2)18-15/h3-7,17H,9-10H2,1-2H3. The van der Waals surface area contributed by atoms with Crippen LogP contribution in [0.25, 0.3) is 0 Å². The van der Waals surface area contributed by atoms with E-state index in [9.17, 15) is 0 Å². The van der Waals surface area contributed by atoms with Gasteiger partial charge in [-0.2, -0.15) is 5.26 Å². The number of furan rings is 1. The van der Waals surface area contributed by atoms with Crippen molar-refractivity contribution in [3.05, 3.63) is 58.5 Å². The van der Waals surface area contributed by atoms with Crippen LogP contribution in [-0.2, 0) is 13.1 Å². The lowest BCUT2D eigenvalue weighted by Gasteiger charge is -2.07. The quantitative estimate of drug-likeness (QED) is 0.893. The van der Waals surface area contributed by atoms with Gasteiger partial charge in [0, 0.05) is 6.54 Å². The number of nitrogens with one attached hydrogen (secondary N) is 1. The van der Waals surface area contributed by atoms with E-state index in [1.165, 1.54) is 5.56 Å². The van der Waals surface area contributed by atoms with E-state index in [0.717, 1.165) is 23.6 Å². The number of hydrogen-bond donors (Lipinski definition) is 1. The van der Waals surface area contributed by atoms with Gasteiger partial charge in [0.15, 0.2) is 0 Å². The second-order valence-corrected chi connectivity index (χ2v) is 4.37. The van der Waals surface area contributed by atoms with Crippen molar-refractivity contribution in [1.29, 1.82) is 5.26 Å². The molecule has 0 spiro atoms. The molecule has 0 unspecified atom stereocenters. The van der Waals surface area contributed by atoms with Gasteiger partial charge in [-0.3, -0.25) is 0 Å². The van der Waals surface area contributed by atoms with Crippen LogP contribution in [0.2, 0.25) is 0 Å². The monoisotopic (exact) mass is 240 g/mol. The van der Waals surface area contributed by atoms with Gasteiger partial charge in [0.05, 0.1) is 18.2 Å². The summed E-state index contributed by atoms with van der Waals surface area (Å²) in [5.41, 5.74) is 3.05. The summed E-state index contributed by atoms with van der Waals surface area (Å²) in [7, 11) is 0. The van der Waals surface area contributed by atoms with Crippen LogP contribution in [0.1, 0.15) is 28.2 Å². The molecule has 0 bridgehead atoms. The molecule has 0 saturated carbocycles. The molecule has 3 heteroatoms. The molecule has 1 aromatic heterocycles. The molecule has 92 valence electrons. The minimum absolute atomic E-state index is 0.706. The fourth-order valence-electron chi connectivity index (χ4n) is 1.86. The van der Waals surface area contributed by atoms with Crippen molar-refractivity contribution in [2.45, 2.75) is 26.9 Å². The van der Waals surface area contributed by atoms with Crippen LogP contribution < -0.4 is 5.32 Å². The predicted molar refractivity (Wildman–Crippen MR) is 69.9 cm³/mol. The molecule has 0 aliphatic rings. The Morgan fingerprint density at radius 2 is 2.00 bits per heavy atom. The van der Waals surface area contributed by atoms with E-state index in [4.69, 9.17) is 9.68 Å². The van der Waals surface area contributed by atoms with E-state index in [2.05, 4.69) is 11.4 Å². The molecule has 1 heterocycles. The molecule has 0 aliphatic carbocycles. The van der Waals surface area contributed by atoms with Crippen molar-refractivity contribution in [2.24, 2.45) is 0 Å². The molecular weight excluding hydrogens is 224 g/mol. The minimum Gasteiger partial charge on any atom is -0.465 e. The summed E-state index contributed by atoms with van der Waals surface area (Å²) in [6.07, 6.45) is 0. The van der Waals surface area contributed by atoms with Crippen molar-refractivity contribution in [3.8, 4) is 6.07 Å². The fraction of sp³-hybridized carbons (Fsp3) is 0.267. The second-order valence-electron chi connectivity index (χ2n) is 4.37. The highest BCUT2D eigenvalue weighted by atomic mass is 16.3. The zero-order valence-corrected chi connectivity index (χ0v) is 10.7. The lowest BCUT2D eigenvalue weighted by Crippen LogP contribution is -2.13. The van der Waals surface area contributed by atoms with Crippen molar-refractivity contribution in [3.63, 3.8) is 0 Å². The summed E-state index contributed by atoms with van der Waals surface area (Å²) < 4.78 is 5.48. The highest BCUT2D eigenvalue weighted by molar-refractivity contribution is 5.37. The third-order valence-corrected chi connectivity index (χ3v) is 2.88. The first-order valence-corrected chi connectivity index (χ1v) is 5.94. The van der Waals surface area contributed by atoms with Gasteiger partial charge in [0.25, 0.3) is 0 Å². The average molecular weight is 240 g/mol. The number of nitrogens with zero attached hydrogens (tertiary/aromatic N) is 1. The summed E-state index contributed by atoms with van der Waals surface area (Å²) in [6, 6.07) is 11.8. The molecule has 3 nitrogen and oxygen atoms in total. The van der Waals surface area contributed by atoms with Crippen LogP contribution in [0, 0.1) is 25.2 Å². The summed E-state index contributed by atoms with van der Waals surface area (Å²) in [5.74, 6) is 1.88. The maximum absolute atomic E-state index is 8.80. The Hall–Kier alpha value is -2.05. The molecule has 1 aromatic carbocycles. The first kappa shape index (κ1) is 12.4. The predicted octanol–water partition coefficient (Wildman–Crippen LogP) is 3.06. The molecule has 2 rings (SSSR count). The molecule has 0 aliphatic heterocycles. The van der Waals surface area contributed by atoms with Gasteiger partial charge < -0.3 is 9.73 Å². The summed E-state index contributed by atoms with van der Waals surface area (Å²) in [6.45, 7) is 5.45. The maximum Gasteiger partial charge on any atom is 0.117 e. The van der Waals surface area contributed by atoms with Gasteiger partial charge in [-0.05, 0) is 49.2 Å². The van der Waals surface area contributed by atoms with E-state index in [1.807, 2.05) is 44.2 Å². The van der Waals surface area contributed by atoms with E-state index >= 15 is 0 Å². The number of rotatable bonds is 4. The highest BCUT2D eigenvalue weighted by Gasteiger charge is 2.01. The van der Waals surface area contributed by atoms with Gasteiger partial charge >= 0.3 is 0 Å². The van der Waals surface area contributed by atoms with Gasteiger partial charge in [0.1, 0.15) is 11.5 Å². The first-order valence-electron chi connectivity index (χ1n) is 5.94. The van der Waals surface area contributed by atoms with Crippen LogP contribution in [0.4, 0.5) is 0 Å². The zero-order chi connectivity index (χ0) is 13.0. The average Bonchev–Trinajstić information content (AvgIpc) is 2.77. The molecule has 0 radical (unpaired) electrons. The normalized spacial score (nSPS) is 10.3. The Kier molecular flexibility index (Phi) is 3.81. The van der Waals surface area contributed by atoms with Crippen molar-refractivity contribution < 1.29 is 4.42 Å². The molecule has 18 heavy (non-hydrogen) atoms. The fourth-order valence-corrected chi connectivity index (χ4v) is 1.86. The van der Waals surface area contributed by atoms with Gasteiger partial charge in [0.2, 0.25) is 0 Å². The number of nitriles is 1. The van der Waals surface area contributed by atoms with Gasteiger partial charge in [-0.25, -0.2) is 0 Å². The number of aryl methyl sites for hydroxylation is 2. The minimum atomic E-state index is 0.706. The zero-order valence-electron chi connectivity index (χ0n) is 10.7. The first-order chi connectivity index (χ1) is 8.69. The second kappa shape index (κ2) is 5.52. The molecule has 2 aromatic rings. The highest BCUT2D eigenvalue weighted by Crippen LogP contribution is 2.11. The van der Waals surface area contributed by atoms with Crippen LogP contribution in [0.5, 0.6) is 0 Å². The van der Waals surface area contributed by atoms with Crippen LogP contribution in [-0.4, -0.2) is 0 Å². The van der Waals surface area contributed by atoms with Gasteiger partial charge in [-0.1, -0.05) is 6.07 Å². The van der Waals surface area contributed by atoms with Crippen LogP contribution >= 0.6 is 0 Å². The summed E-state index contributed by atoms with van der Waals surface area (Å²) in [4.78, 5) is 0. The Bertz CT molecular complexity index is 578. The maximum atomic E-state index is 8.80. The molecule has 0 atom stereocenters. The van der Waals surface area contributed by atoms with E-state index < -0.39 is 0 Å². The SMILES string of the molecule is Cc1ccc(CNCc2ccc(C#N)cc2C)o1. The lowest BCUT2D eigenvalue weighted by atomic mass is 10.1. The Morgan fingerprint density at radius 1 is 1.17 bits per heavy atom. The molecule has 1 N–H and O–H groups in total. The van der Waals surface area contributed by atoms with E-state index in [0.29, 0.717) is 12.1 Å². The third-order valence-electron chi connectivity index (χ3n) is 2.88. The van der Waals surface area contributed by atoms with Gasteiger partial charge in [-0.15, -0.1) is 0 Å². The van der Waals surface area contributed by atoms with Crippen molar-refractivity contribution in [1.82, 2.24) is 5.32 Å². The third kappa shape index (κ3) is 2.99. The van der Waals surface area contributed by atoms with Crippen molar-refractivity contribution >= 4 is 0 Å². The van der Waals surface area contributed by atoms with Crippen LogP contribution in [0.15, 0.2) is 34.7 Å². The number of benzene rings is 1. The summed E-state index contributed by atoms with van der Waals surface area (Å²) >= 11 is 0. The molecule has 0 saturated heterocycles. The molecule has 0 amide bonds. The van der Waals surface area contributed by atoms with Crippen molar-refractivity contribution in [2.75, 3.05) is 0 Å². The summed E-state index contributed by atoms with van der Waals surface area (Å²) in [5, 5.41) is 12.1. The van der Waals surface area contributed by atoms with E-state index in [1.54, 1.807) is 0 Å². The number of hydrogen-bond acceptors (Lipinski definition) is 3. The molecular formula is C15H16N2O. The Morgan fingerprint density at radius 3 is 2.61 bits per heavy atom. The van der Waals surface area contributed by atoms with E-state index in [-0.39, 0.29) is 0 Å². The Balaban J connectivity index is 1.92. The topological polar surface area (TPSA) is 49.0 Å².